The minimum absolute atomic E-state index is 0.448. The third-order valence-electron chi connectivity index (χ3n) is 2.26. The van der Waals surface area contributed by atoms with Crippen molar-refractivity contribution in [1.29, 1.82) is 0 Å². The fourth-order valence-corrected chi connectivity index (χ4v) is 0.954. The number of methoxy groups -OCH3 is 1. The molecule has 1 atom stereocenters. The van der Waals surface area contributed by atoms with Crippen LogP contribution < -0.4 is 10.1 Å². The third kappa shape index (κ3) is 3.71. The van der Waals surface area contributed by atoms with E-state index in [1.54, 1.807) is 20.1 Å². The zero-order valence-corrected chi connectivity index (χ0v) is 9.32. The molecule has 0 amide bonds. The van der Waals surface area contributed by atoms with Gasteiger partial charge in [0.05, 0.1) is 12.7 Å². The summed E-state index contributed by atoms with van der Waals surface area (Å²) in [6.07, 6.45) is 2.10. The highest BCUT2D eigenvalue weighted by Gasteiger charge is 2.16. The van der Waals surface area contributed by atoms with Gasteiger partial charge in [-0.3, -0.25) is 0 Å². The van der Waals surface area contributed by atoms with Crippen molar-refractivity contribution in [2.45, 2.75) is 25.9 Å². The quantitative estimate of drug-likeness (QED) is 0.762. The van der Waals surface area contributed by atoms with Crippen molar-refractivity contribution in [2.24, 2.45) is 0 Å². The van der Waals surface area contributed by atoms with Crippen LogP contribution in [0.2, 0.25) is 0 Å². The largest absolute Gasteiger partial charge is 0.481 e. The van der Waals surface area contributed by atoms with Gasteiger partial charge in [-0.1, -0.05) is 6.92 Å². The van der Waals surface area contributed by atoms with Gasteiger partial charge in [0.15, 0.2) is 0 Å². The molecule has 0 aromatic carbocycles. The van der Waals surface area contributed by atoms with E-state index in [2.05, 4.69) is 15.3 Å². The Morgan fingerprint density at radius 1 is 1.53 bits per heavy atom. The van der Waals surface area contributed by atoms with Crippen LogP contribution in [0.5, 0.6) is 5.88 Å². The van der Waals surface area contributed by atoms with Crippen LogP contribution in [-0.4, -0.2) is 34.3 Å². The van der Waals surface area contributed by atoms with Gasteiger partial charge in [-0.15, -0.1) is 0 Å². The molecule has 0 aliphatic rings. The zero-order chi connectivity index (χ0) is 11.3. The van der Waals surface area contributed by atoms with Crippen LogP contribution in [0.3, 0.4) is 0 Å². The Labute approximate surface area is 89.5 Å². The highest BCUT2D eigenvalue weighted by molar-refractivity contribution is 5.37. The van der Waals surface area contributed by atoms with Gasteiger partial charge in [0, 0.05) is 12.6 Å². The number of aromatic nitrogens is 2. The van der Waals surface area contributed by atoms with Crippen molar-refractivity contribution in [3.8, 4) is 5.88 Å². The predicted molar refractivity (Wildman–Crippen MR) is 58.0 cm³/mol. The maximum atomic E-state index is 9.77. The van der Waals surface area contributed by atoms with E-state index in [0.717, 1.165) is 0 Å². The van der Waals surface area contributed by atoms with E-state index in [1.807, 2.05) is 6.92 Å². The summed E-state index contributed by atoms with van der Waals surface area (Å²) in [5.74, 6) is 1.15. The maximum absolute atomic E-state index is 9.77. The molecule has 0 bridgehead atoms. The molecule has 84 valence electrons. The third-order valence-corrected chi connectivity index (χ3v) is 2.26. The zero-order valence-electron chi connectivity index (χ0n) is 9.32. The molecule has 5 heteroatoms. The summed E-state index contributed by atoms with van der Waals surface area (Å²) in [5, 5.41) is 12.8. The van der Waals surface area contributed by atoms with E-state index in [9.17, 15) is 5.11 Å². The summed E-state index contributed by atoms with van der Waals surface area (Å²) in [7, 11) is 1.55. The lowest BCUT2D eigenvalue weighted by Crippen LogP contribution is -2.32. The molecule has 0 fully saturated rings. The Hall–Kier alpha value is -1.36. The average Bonchev–Trinajstić information content (AvgIpc) is 2.27. The molecule has 0 saturated heterocycles. The smallest absolute Gasteiger partial charge is 0.218 e. The Kier molecular flexibility index (Phi) is 3.85. The lowest BCUT2D eigenvalue weighted by Gasteiger charge is -2.21. The number of hydrogen-bond acceptors (Lipinski definition) is 5. The van der Waals surface area contributed by atoms with Crippen molar-refractivity contribution in [1.82, 2.24) is 9.97 Å². The number of rotatable bonds is 5. The Bertz CT molecular complexity index is 315. The molecule has 1 rings (SSSR count). The number of aliphatic hydroxyl groups is 1. The first-order valence-corrected chi connectivity index (χ1v) is 4.89. The van der Waals surface area contributed by atoms with Gasteiger partial charge in [-0.05, 0) is 13.3 Å². The Morgan fingerprint density at radius 3 is 2.87 bits per heavy atom. The second-order valence-electron chi connectivity index (χ2n) is 3.65. The monoisotopic (exact) mass is 211 g/mol. The molecule has 2 N–H and O–H groups in total. The lowest BCUT2D eigenvalue weighted by atomic mass is 10.0. The first-order chi connectivity index (χ1) is 7.07. The van der Waals surface area contributed by atoms with E-state index in [-0.39, 0.29) is 0 Å². The minimum Gasteiger partial charge on any atom is -0.481 e. The van der Waals surface area contributed by atoms with Crippen LogP contribution in [0.15, 0.2) is 12.4 Å². The van der Waals surface area contributed by atoms with E-state index >= 15 is 0 Å². The number of nitrogens with one attached hydrogen (secondary N) is 1. The molecule has 5 nitrogen and oxygen atoms in total. The first-order valence-electron chi connectivity index (χ1n) is 4.89. The van der Waals surface area contributed by atoms with Crippen LogP contribution >= 0.6 is 0 Å². The van der Waals surface area contributed by atoms with Crippen LogP contribution in [-0.2, 0) is 0 Å². The molecule has 0 aliphatic heterocycles. The number of ether oxygens (including phenoxy) is 1. The van der Waals surface area contributed by atoms with Crippen LogP contribution in [0.4, 0.5) is 5.82 Å². The highest BCUT2D eigenvalue weighted by Crippen LogP contribution is 2.13. The van der Waals surface area contributed by atoms with Crippen molar-refractivity contribution >= 4 is 5.82 Å². The van der Waals surface area contributed by atoms with E-state index in [0.29, 0.717) is 24.7 Å². The maximum Gasteiger partial charge on any atom is 0.218 e. The summed E-state index contributed by atoms with van der Waals surface area (Å²) in [6, 6.07) is 1.69. The minimum atomic E-state index is -0.724. The predicted octanol–water partition coefficient (Wildman–Crippen LogP) is 1.06. The van der Waals surface area contributed by atoms with E-state index in [1.165, 1.54) is 6.33 Å². The van der Waals surface area contributed by atoms with Crippen molar-refractivity contribution in [2.75, 3.05) is 19.0 Å². The van der Waals surface area contributed by atoms with Crippen molar-refractivity contribution < 1.29 is 9.84 Å². The SMILES string of the molecule is CCC(C)(O)CNc1cc(OC)ncn1. The molecule has 0 aliphatic carbocycles. The average molecular weight is 211 g/mol. The topological polar surface area (TPSA) is 67.3 Å². The van der Waals surface area contributed by atoms with Crippen molar-refractivity contribution in [3.05, 3.63) is 12.4 Å². The van der Waals surface area contributed by atoms with Crippen LogP contribution in [0, 0.1) is 0 Å². The van der Waals surface area contributed by atoms with Crippen LogP contribution in [0.25, 0.3) is 0 Å². The molecular formula is C10H17N3O2. The summed E-state index contributed by atoms with van der Waals surface area (Å²) in [4.78, 5) is 7.90. The van der Waals surface area contributed by atoms with Gasteiger partial charge in [-0.25, -0.2) is 9.97 Å². The van der Waals surface area contributed by atoms with Gasteiger partial charge >= 0.3 is 0 Å². The molecule has 0 radical (unpaired) electrons. The Morgan fingerprint density at radius 2 is 2.27 bits per heavy atom. The molecule has 1 unspecified atom stereocenters. The summed E-state index contributed by atoms with van der Waals surface area (Å²) in [5.41, 5.74) is -0.724. The molecule has 1 heterocycles. The van der Waals surface area contributed by atoms with Gasteiger partial charge in [-0.2, -0.15) is 0 Å². The van der Waals surface area contributed by atoms with Gasteiger partial charge in [0.2, 0.25) is 5.88 Å². The summed E-state index contributed by atoms with van der Waals surface area (Å²) < 4.78 is 4.96. The van der Waals surface area contributed by atoms with Gasteiger partial charge in [0.25, 0.3) is 0 Å². The fourth-order valence-electron chi connectivity index (χ4n) is 0.954. The molecule has 1 aromatic rings. The summed E-state index contributed by atoms with van der Waals surface area (Å²) in [6.45, 7) is 4.16. The standard InChI is InChI=1S/C10H17N3O2/c1-4-10(2,14)6-11-8-5-9(15-3)13-7-12-8/h5,7,14H,4,6H2,1-3H3,(H,11,12,13). The van der Waals surface area contributed by atoms with Crippen molar-refractivity contribution in [3.63, 3.8) is 0 Å². The Balaban J connectivity index is 2.57. The van der Waals surface area contributed by atoms with E-state index in [4.69, 9.17) is 4.74 Å². The van der Waals surface area contributed by atoms with Gasteiger partial charge in [0.1, 0.15) is 12.1 Å². The second kappa shape index (κ2) is 4.93. The molecule has 15 heavy (non-hydrogen) atoms. The number of anilines is 1. The second-order valence-corrected chi connectivity index (χ2v) is 3.65. The molecule has 0 spiro atoms. The molecular weight excluding hydrogens is 194 g/mol. The molecule has 0 saturated carbocycles. The van der Waals surface area contributed by atoms with Gasteiger partial charge < -0.3 is 15.2 Å². The van der Waals surface area contributed by atoms with Crippen LogP contribution in [0.1, 0.15) is 20.3 Å². The fraction of sp³-hybridized carbons (Fsp3) is 0.600. The lowest BCUT2D eigenvalue weighted by molar-refractivity contribution is 0.0696. The molecule has 1 aromatic heterocycles. The number of nitrogens with zero attached hydrogens (tertiary/aromatic N) is 2. The first kappa shape index (κ1) is 11.7. The number of hydrogen-bond donors (Lipinski definition) is 2. The van der Waals surface area contributed by atoms with E-state index < -0.39 is 5.60 Å². The normalized spacial score (nSPS) is 14.4. The summed E-state index contributed by atoms with van der Waals surface area (Å²) >= 11 is 0. The highest BCUT2D eigenvalue weighted by atomic mass is 16.5.